The number of methoxy groups -OCH3 is 1. The van der Waals surface area contributed by atoms with Gasteiger partial charge < -0.3 is 19.2 Å². The van der Waals surface area contributed by atoms with E-state index in [4.69, 9.17) is 13.9 Å². The van der Waals surface area contributed by atoms with Crippen molar-refractivity contribution < 1.29 is 18.7 Å². The van der Waals surface area contributed by atoms with Crippen LogP contribution >= 0.6 is 0 Å². The van der Waals surface area contributed by atoms with Gasteiger partial charge >= 0.3 is 0 Å². The Labute approximate surface area is 158 Å². The summed E-state index contributed by atoms with van der Waals surface area (Å²) in [4.78, 5) is 12.5. The lowest BCUT2D eigenvalue weighted by molar-refractivity contribution is 0.0992. The summed E-state index contributed by atoms with van der Waals surface area (Å²) in [7, 11) is 1.56. The van der Waals surface area contributed by atoms with Gasteiger partial charge in [0.15, 0.2) is 5.76 Å². The quantitative estimate of drug-likeness (QED) is 0.664. The molecule has 0 spiro atoms. The summed E-state index contributed by atoms with van der Waals surface area (Å²) in [6.45, 7) is 6.30. The molecule has 1 aromatic heterocycles. The predicted molar refractivity (Wildman–Crippen MR) is 105 cm³/mol. The van der Waals surface area contributed by atoms with E-state index in [0.29, 0.717) is 17.2 Å². The Morgan fingerprint density at radius 3 is 2.56 bits per heavy atom. The van der Waals surface area contributed by atoms with Crippen molar-refractivity contribution in [3.8, 4) is 11.5 Å². The van der Waals surface area contributed by atoms with E-state index < -0.39 is 0 Å². The number of hydrogen-bond acceptors (Lipinski definition) is 4. The normalized spacial score (nSPS) is 10.5. The first-order chi connectivity index (χ1) is 13.0. The van der Waals surface area contributed by atoms with Crippen LogP contribution < -0.4 is 14.8 Å². The third-order valence-corrected chi connectivity index (χ3v) is 4.35. The number of aryl methyl sites for hydroxylation is 3. The lowest BCUT2D eigenvalue weighted by atomic mass is 10.1. The Morgan fingerprint density at radius 1 is 1.00 bits per heavy atom. The van der Waals surface area contributed by atoms with Crippen molar-refractivity contribution in [1.29, 1.82) is 0 Å². The average Bonchev–Trinajstić information content (AvgIpc) is 3.12. The van der Waals surface area contributed by atoms with Crippen LogP contribution in [0.25, 0.3) is 0 Å². The van der Waals surface area contributed by atoms with Gasteiger partial charge in [-0.15, -0.1) is 0 Å². The summed E-state index contributed by atoms with van der Waals surface area (Å²) in [5.74, 6) is 1.83. The molecule has 0 fully saturated rings. The Hall–Kier alpha value is -3.21. The minimum Gasteiger partial charge on any atom is -0.495 e. The fourth-order valence-corrected chi connectivity index (χ4v) is 2.64. The van der Waals surface area contributed by atoms with Crippen molar-refractivity contribution in [3.05, 3.63) is 76.7 Å². The van der Waals surface area contributed by atoms with E-state index in [2.05, 4.69) is 12.2 Å². The fourth-order valence-electron chi connectivity index (χ4n) is 2.64. The van der Waals surface area contributed by atoms with Gasteiger partial charge in [-0.05, 0) is 73.9 Å². The number of rotatable bonds is 6. The van der Waals surface area contributed by atoms with E-state index in [9.17, 15) is 4.79 Å². The van der Waals surface area contributed by atoms with Crippen molar-refractivity contribution in [2.75, 3.05) is 12.4 Å². The van der Waals surface area contributed by atoms with Gasteiger partial charge in [0.05, 0.1) is 12.8 Å². The van der Waals surface area contributed by atoms with Crippen LogP contribution in [-0.4, -0.2) is 13.0 Å². The molecule has 1 heterocycles. The van der Waals surface area contributed by atoms with Crippen LogP contribution in [0.4, 0.5) is 5.69 Å². The molecule has 0 aliphatic carbocycles. The lowest BCUT2D eigenvalue weighted by Crippen LogP contribution is -2.12. The van der Waals surface area contributed by atoms with Crippen LogP contribution in [0.1, 0.15) is 33.0 Å². The number of nitrogens with one attached hydrogen (secondary N) is 1. The third-order valence-electron chi connectivity index (χ3n) is 4.35. The van der Waals surface area contributed by atoms with Gasteiger partial charge in [0.1, 0.15) is 23.9 Å². The first-order valence-electron chi connectivity index (χ1n) is 8.71. The number of hydrogen-bond donors (Lipinski definition) is 1. The van der Waals surface area contributed by atoms with Crippen LogP contribution in [0.5, 0.6) is 11.5 Å². The van der Waals surface area contributed by atoms with Crippen LogP contribution in [0.2, 0.25) is 0 Å². The summed E-state index contributed by atoms with van der Waals surface area (Å²) in [6, 6.07) is 14.9. The van der Waals surface area contributed by atoms with E-state index in [1.807, 2.05) is 50.2 Å². The molecule has 0 bridgehead atoms. The molecular formula is C22H23NO4. The topological polar surface area (TPSA) is 60.7 Å². The number of anilines is 1. The highest BCUT2D eigenvalue weighted by Gasteiger charge is 2.14. The second-order valence-electron chi connectivity index (χ2n) is 6.46. The number of benzene rings is 2. The van der Waals surface area contributed by atoms with Gasteiger partial charge in [0.2, 0.25) is 0 Å². The van der Waals surface area contributed by atoms with Crippen LogP contribution in [0.3, 0.4) is 0 Å². The van der Waals surface area contributed by atoms with E-state index in [0.717, 1.165) is 11.3 Å². The Kier molecular flexibility index (Phi) is 5.50. The Bertz CT molecular complexity index is 959. The monoisotopic (exact) mass is 365 g/mol. The molecule has 140 valence electrons. The second-order valence-corrected chi connectivity index (χ2v) is 6.46. The maximum atomic E-state index is 12.5. The minimum atomic E-state index is -0.337. The van der Waals surface area contributed by atoms with Crippen LogP contribution in [-0.2, 0) is 6.61 Å². The van der Waals surface area contributed by atoms with Gasteiger partial charge in [-0.3, -0.25) is 4.79 Å². The van der Waals surface area contributed by atoms with Gasteiger partial charge in [-0.2, -0.15) is 0 Å². The molecule has 0 atom stereocenters. The molecule has 0 radical (unpaired) electrons. The van der Waals surface area contributed by atoms with Gasteiger partial charge in [-0.1, -0.05) is 12.1 Å². The maximum Gasteiger partial charge on any atom is 0.291 e. The van der Waals surface area contributed by atoms with Gasteiger partial charge in [-0.25, -0.2) is 0 Å². The Balaban J connectivity index is 1.65. The molecule has 27 heavy (non-hydrogen) atoms. The van der Waals surface area contributed by atoms with Crippen molar-refractivity contribution in [2.45, 2.75) is 27.4 Å². The predicted octanol–water partition coefficient (Wildman–Crippen LogP) is 5.04. The summed E-state index contributed by atoms with van der Waals surface area (Å²) in [6.07, 6.45) is 0. The molecule has 3 aromatic rings. The highest BCUT2D eigenvalue weighted by atomic mass is 16.5. The minimum absolute atomic E-state index is 0.220. The van der Waals surface area contributed by atoms with Crippen molar-refractivity contribution in [2.24, 2.45) is 0 Å². The molecule has 5 nitrogen and oxygen atoms in total. The first-order valence-corrected chi connectivity index (χ1v) is 8.71. The maximum absolute atomic E-state index is 12.5. The summed E-state index contributed by atoms with van der Waals surface area (Å²) in [5.41, 5.74) is 4.00. The van der Waals surface area contributed by atoms with Crippen molar-refractivity contribution in [3.63, 3.8) is 0 Å². The molecule has 3 rings (SSSR count). The molecule has 5 heteroatoms. The number of ether oxygens (including phenoxy) is 2. The molecule has 0 aliphatic rings. The first kappa shape index (κ1) is 18.6. The molecule has 0 saturated carbocycles. The highest BCUT2D eigenvalue weighted by molar-refractivity contribution is 6.03. The molecule has 0 saturated heterocycles. The zero-order chi connectivity index (χ0) is 19.4. The number of amides is 1. The van der Waals surface area contributed by atoms with E-state index >= 15 is 0 Å². The largest absolute Gasteiger partial charge is 0.495 e. The van der Waals surface area contributed by atoms with Crippen LogP contribution in [0.15, 0.2) is 52.9 Å². The van der Waals surface area contributed by atoms with E-state index in [1.54, 1.807) is 19.2 Å². The van der Waals surface area contributed by atoms with E-state index in [-0.39, 0.29) is 18.3 Å². The second kappa shape index (κ2) is 7.99. The highest BCUT2D eigenvalue weighted by Crippen LogP contribution is 2.26. The number of carbonyl (C=O) groups excluding carboxylic acids is 1. The van der Waals surface area contributed by atoms with E-state index in [1.165, 1.54) is 11.1 Å². The average molecular weight is 365 g/mol. The zero-order valence-electron chi connectivity index (χ0n) is 16.0. The molecule has 1 N–H and O–H groups in total. The number of carbonyl (C=O) groups is 1. The zero-order valence-corrected chi connectivity index (χ0v) is 16.0. The smallest absolute Gasteiger partial charge is 0.291 e. The molecular weight excluding hydrogens is 342 g/mol. The standard InChI is InChI=1S/C22H23NO4/c1-14-5-9-20(25-4)19(11-14)23-22(24)21-10-8-18(27-21)13-26-17-7-6-15(2)16(3)12-17/h5-12H,13H2,1-4H3,(H,23,24). The summed E-state index contributed by atoms with van der Waals surface area (Å²) in [5, 5.41) is 2.82. The SMILES string of the molecule is COc1ccc(C)cc1NC(=O)c1ccc(COc2ccc(C)c(C)c2)o1. The molecule has 2 aromatic carbocycles. The van der Waals surface area contributed by atoms with Crippen LogP contribution in [0, 0.1) is 20.8 Å². The molecule has 1 amide bonds. The van der Waals surface area contributed by atoms with Crippen molar-refractivity contribution in [1.82, 2.24) is 0 Å². The number of furan rings is 1. The third kappa shape index (κ3) is 4.50. The fraction of sp³-hybridized carbons (Fsp3) is 0.227. The van der Waals surface area contributed by atoms with Crippen molar-refractivity contribution >= 4 is 11.6 Å². The molecule has 0 unspecified atom stereocenters. The molecule has 0 aliphatic heterocycles. The summed E-state index contributed by atoms with van der Waals surface area (Å²) < 4.78 is 16.6. The Morgan fingerprint density at radius 2 is 1.81 bits per heavy atom. The van der Waals surface area contributed by atoms with Gasteiger partial charge in [0.25, 0.3) is 5.91 Å². The van der Waals surface area contributed by atoms with Gasteiger partial charge in [0, 0.05) is 0 Å². The lowest BCUT2D eigenvalue weighted by Gasteiger charge is -2.10. The summed E-state index contributed by atoms with van der Waals surface area (Å²) >= 11 is 0.